The zero-order valence-corrected chi connectivity index (χ0v) is 12.7. The molecule has 0 bridgehead atoms. The molecule has 0 saturated carbocycles. The van der Waals surface area contributed by atoms with E-state index in [1.54, 1.807) is 11.3 Å². The maximum absolute atomic E-state index is 5.55. The highest BCUT2D eigenvalue weighted by Crippen LogP contribution is 2.28. The third-order valence-corrected chi connectivity index (χ3v) is 4.90. The van der Waals surface area contributed by atoms with Gasteiger partial charge in [-0.15, -0.1) is 11.3 Å². The van der Waals surface area contributed by atoms with Crippen LogP contribution in [0.5, 0.6) is 5.75 Å². The summed E-state index contributed by atoms with van der Waals surface area (Å²) in [6.45, 7) is 6.01. The first-order valence-corrected chi connectivity index (χ1v) is 7.99. The number of aromatic nitrogens is 1. The van der Waals surface area contributed by atoms with Gasteiger partial charge in [0.2, 0.25) is 0 Å². The molecule has 1 aliphatic heterocycles. The van der Waals surface area contributed by atoms with E-state index in [0.717, 1.165) is 16.4 Å². The molecule has 0 aliphatic carbocycles. The average Bonchev–Trinajstić information content (AvgIpc) is 2.99. The minimum Gasteiger partial charge on any atom is -0.494 e. The van der Waals surface area contributed by atoms with Gasteiger partial charge in [0.1, 0.15) is 5.75 Å². The number of fused-ring (bicyclic) bond motifs is 1. The van der Waals surface area contributed by atoms with Crippen LogP contribution >= 0.6 is 23.6 Å². The van der Waals surface area contributed by atoms with Crippen LogP contribution in [-0.2, 0) is 6.67 Å². The molecule has 2 aromatic rings. The number of nitrogens with zero attached hydrogens (tertiary/aromatic N) is 2. The van der Waals surface area contributed by atoms with E-state index in [1.165, 1.54) is 36.1 Å². The van der Waals surface area contributed by atoms with E-state index in [4.69, 9.17) is 17.0 Å². The Balaban J connectivity index is 1.95. The highest BCUT2D eigenvalue weighted by molar-refractivity contribution is 7.73. The van der Waals surface area contributed by atoms with E-state index in [-0.39, 0.29) is 0 Å². The zero-order valence-electron chi connectivity index (χ0n) is 11.1. The summed E-state index contributed by atoms with van der Waals surface area (Å²) in [5.74, 6) is 0.930. The van der Waals surface area contributed by atoms with Gasteiger partial charge in [-0.25, -0.2) is 0 Å². The van der Waals surface area contributed by atoms with Crippen molar-refractivity contribution in [2.75, 3.05) is 19.7 Å². The molecule has 0 unspecified atom stereocenters. The summed E-state index contributed by atoms with van der Waals surface area (Å²) in [5, 5.41) is 0. The molecular formula is C14H18N2OS2. The first-order valence-electron chi connectivity index (χ1n) is 6.76. The second-order valence-electron chi connectivity index (χ2n) is 4.83. The van der Waals surface area contributed by atoms with Gasteiger partial charge in [-0.3, -0.25) is 4.90 Å². The Kier molecular flexibility index (Phi) is 3.86. The van der Waals surface area contributed by atoms with Gasteiger partial charge in [-0.1, -0.05) is 0 Å². The Bertz CT molecular complexity index is 626. The molecule has 1 saturated heterocycles. The third-order valence-electron chi connectivity index (χ3n) is 3.49. The van der Waals surface area contributed by atoms with E-state index in [2.05, 4.69) is 21.6 Å². The molecular weight excluding hydrogens is 276 g/mol. The lowest BCUT2D eigenvalue weighted by Crippen LogP contribution is -2.22. The normalized spacial score (nSPS) is 16.3. The van der Waals surface area contributed by atoms with Crippen LogP contribution in [0.25, 0.3) is 10.2 Å². The van der Waals surface area contributed by atoms with E-state index in [1.807, 2.05) is 13.0 Å². The lowest BCUT2D eigenvalue weighted by atomic mass is 10.3. The molecule has 2 heterocycles. The quantitative estimate of drug-likeness (QED) is 0.797. The van der Waals surface area contributed by atoms with Gasteiger partial charge in [0.05, 0.1) is 23.5 Å². The molecule has 5 heteroatoms. The van der Waals surface area contributed by atoms with Gasteiger partial charge in [-0.05, 0) is 63.3 Å². The predicted octanol–water partition coefficient (Wildman–Crippen LogP) is 3.88. The number of thiazole rings is 1. The Hall–Kier alpha value is -0.910. The predicted molar refractivity (Wildman–Crippen MR) is 82.6 cm³/mol. The molecule has 0 radical (unpaired) electrons. The minimum atomic E-state index is 0.700. The number of rotatable bonds is 4. The Morgan fingerprint density at radius 1 is 1.32 bits per heavy atom. The van der Waals surface area contributed by atoms with E-state index >= 15 is 0 Å². The van der Waals surface area contributed by atoms with Crippen molar-refractivity contribution in [1.29, 1.82) is 0 Å². The van der Waals surface area contributed by atoms with Gasteiger partial charge in [0.25, 0.3) is 0 Å². The molecule has 1 fully saturated rings. The first-order chi connectivity index (χ1) is 9.28. The lowest BCUT2D eigenvalue weighted by Gasteiger charge is -2.16. The second-order valence-corrected chi connectivity index (χ2v) is 6.50. The molecule has 102 valence electrons. The summed E-state index contributed by atoms with van der Waals surface area (Å²) in [4.78, 5) is 2.47. The van der Waals surface area contributed by atoms with Crippen molar-refractivity contribution < 1.29 is 4.74 Å². The van der Waals surface area contributed by atoms with Gasteiger partial charge in [0, 0.05) is 0 Å². The van der Waals surface area contributed by atoms with Crippen LogP contribution in [-0.4, -0.2) is 29.2 Å². The molecule has 1 aromatic carbocycles. The van der Waals surface area contributed by atoms with Crippen molar-refractivity contribution in [2.45, 2.75) is 26.4 Å². The van der Waals surface area contributed by atoms with Crippen LogP contribution in [0.1, 0.15) is 19.8 Å². The highest BCUT2D eigenvalue weighted by atomic mass is 32.1. The number of benzene rings is 1. The van der Waals surface area contributed by atoms with Gasteiger partial charge >= 0.3 is 0 Å². The third kappa shape index (κ3) is 2.68. The van der Waals surface area contributed by atoms with E-state index in [9.17, 15) is 0 Å². The van der Waals surface area contributed by atoms with Crippen LogP contribution in [0, 0.1) is 3.95 Å². The van der Waals surface area contributed by atoms with Crippen LogP contribution in [0.15, 0.2) is 18.2 Å². The standard InChI is InChI=1S/C14H18N2OS2/c1-2-17-11-5-6-12-13(9-11)19-14(18)16(12)10-15-7-3-4-8-15/h5-6,9H,2-4,7-8,10H2,1H3. The first kappa shape index (κ1) is 13.1. The maximum Gasteiger partial charge on any atom is 0.163 e. The summed E-state index contributed by atoms with van der Waals surface area (Å²) < 4.78 is 9.97. The number of ether oxygens (including phenoxy) is 1. The second kappa shape index (κ2) is 5.61. The van der Waals surface area contributed by atoms with Crippen LogP contribution in [0.4, 0.5) is 0 Å². The molecule has 0 spiro atoms. The van der Waals surface area contributed by atoms with Crippen molar-refractivity contribution in [3.63, 3.8) is 0 Å². The molecule has 0 atom stereocenters. The Morgan fingerprint density at radius 2 is 2.11 bits per heavy atom. The topological polar surface area (TPSA) is 17.4 Å². The molecule has 0 N–H and O–H groups in total. The van der Waals surface area contributed by atoms with E-state index in [0.29, 0.717) is 6.61 Å². The van der Waals surface area contributed by atoms with Crippen LogP contribution in [0.3, 0.4) is 0 Å². The summed E-state index contributed by atoms with van der Waals surface area (Å²) >= 11 is 7.18. The van der Waals surface area contributed by atoms with Crippen molar-refractivity contribution in [2.24, 2.45) is 0 Å². The average molecular weight is 294 g/mol. The monoisotopic (exact) mass is 294 g/mol. The summed E-state index contributed by atoms with van der Waals surface area (Å²) in [7, 11) is 0. The fourth-order valence-electron chi connectivity index (χ4n) is 2.56. The SMILES string of the molecule is CCOc1ccc2c(c1)sc(=S)n2CN1CCCC1. The van der Waals surface area contributed by atoms with Gasteiger partial charge in [-0.2, -0.15) is 0 Å². The van der Waals surface area contributed by atoms with Gasteiger partial charge in [0.15, 0.2) is 3.95 Å². The smallest absolute Gasteiger partial charge is 0.163 e. The molecule has 0 amide bonds. The lowest BCUT2D eigenvalue weighted by molar-refractivity contribution is 0.274. The number of hydrogen-bond acceptors (Lipinski definition) is 4. The molecule has 19 heavy (non-hydrogen) atoms. The molecule has 1 aromatic heterocycles. The van der Waals surface area contributed by atoms with Crippen molar-refractivity contribution in [3.8, 4) is 5.75 Å². The summed E-state index contributed by atoms with van der Waals surface area (Å²) in [5.41, 5.74) is 1.23. The van der Waals surface area contributed by atoms with Crippen molar-refractivity contribution in [3.05, 3.63) is 22.2 Å². The fourth-order valence-corrected chi connectivity index (χ4v) is 3.90. The van der Waals surface area contributed by atoms with Crippen molar-refractivity contribution in [1.82, 2.24) is 9.47 Å². The number of hydrogen-bond donors (Lipinski definition) is 0. The van der Waals surface area contributed by atoms with Crippen LogP contribution in [0.2, 0.25) is 0 Å². The fraction of sp³-hybridized carbons (Fsp3) is 0.500. The minimum absolute atomic E-state index is 0.700. The zero-order chi connectivity index (χ0) is 13.2. The molecule has 1 aliphatic rings. The summed E-state index contributed by atoms with van der Waals surface area (Å²) in [6, 6.07) is 6.26. The largest absolute Gasteiger partial charge is 0.494 e. The van der Waals surface area contributed by atoms with E-state index < -0.39 is 0 Å². The maximum atomic E-state index is 5.55. The van der Waals surface area contributed by atoms with Crippen molar-refractivity contribution >= 4 is 33.8 Å². The Labute approximate surface area is 122 Å². The molecule has 3 rings (SSSR count). The Morgan fingerprint density at radius 3 is 2.84 bits per heavy atom. The van der Waals surface area contributed by atoms with Gasteiger partial charge < -0.3 is 9.30 Å². The van der Waals surface area contributed by atoms with Crippen LogP contribution < -0.4 is 4.74 Å². The summed E-state index contributed by atoms with van der Waals surface area (Å²) in [6.07, 6.45) is 2.62. The number of likely N-dealkylation sites (tertiary alicyclic amines) is 1. The molecule has 3 nitrogen and oxygen atoms in total. The highest BCUT2D eigenvalue weighted by Gasteiger charge is 2.14.